The zero-order valence-corrected chi connectivity index (χ0v) is 21.6. The second-order valence-corrected chi connectivity index (χ2v) is 11.3. The quantitative estimate of drug-likeness (QED) is 0.308. The lowest BCUT2D eigenvalue weighted by molar-refractivity contribution is 0.103. The van der Waals surface area contributed by atoms with Crippen LogP contribution in [0.3, 0.4) is 0 Å². The summed E-state index contributed by atoms with van der Waals surface area (Å²) in [4.78, 5) is 46.4. The minimum Gasteiger partial charge on any atom is -0.321 e. The third kappa shape index (κ3) is 6.92. The second kappa shape index (κ2) is 11.5. The number of H-pyrrole nitrogens is 2. The van der Waals surface area contributed by atoms with Gasteiger partial charge in [0, 0.05) is 22.9 Å². The van der Waals surface area contributed by atoms with Crippen molar-refractivity contribution in [2.75, 3.05) is 31.7 Å². The number of hydrogen-bond donors (Lipinski definition) is 3. The van der Waals surface area contributed by atoms with Crippen LogP contribution < -0.4 is 27.1 Å². The van der Waals surface area contributed by atoms with E-state index >= 15 is 0 Å². The van der Waals surface area contributed by atoms with Gasteiger partial charge in [0.05, 0.1) is 9.09 Å². The molecule has 0 bridgehead atoms. The van der Waals surface area contributed by atoms with Crippen LogP contribution in [0.25, 0.3) is 12.2 Å². The number of aromatic nitrogens is 2. The number of amides is 1. The summed E-state index contributed by atoms with van der Waals surface area (Å²) in [6.45, 7) is 0.985. The molecular weight excluding hydrogens is 501 g/mol. The summed E-state index contributed by atoms with van der Waals surface area (Å²) in [6, 6.07) is 14.6. The lowest BCUT2D eigenvalue weighted by Crippen LogP contribution is -2.46. The van der Waals surface area contributed by atoms with E-state index < -0.39 is 0 Å². The van der Waals surface area contributed by atoms with Crippen LogP contribution in [-0.4, -0.2) is 47.2 Å². The van der Waals surface area contributed by atoms with Gasteiger partial charge in [0.25, 0.3) is 17.0 Å². The maximum absolute atomic E-state index is 12.6. The highest BCUT2D eigenvalue weighted by Crippen LogP contribution is 2.27. The van der Waals surface area contributed by atoms with E-state index in [9.17, 15) is 14.4 Å². The zero-order chi connectivity index (χ0) is 24.8. The fraction of sp³-hybridized carbons (Fsp3) is 0.160. The van der Waals surface area contributed by atoms with Crippen LogP contribution in [0.5, 0.6) is 0 Å². The summed E-state index contributed by atoms with van der Waals surface area (Å²) in [5.74, 6) is 0.811. The first kappa shape index (κ1) is 24.9. The molecule has 0 saturated heterocycles. The van der Waals surface area contributed by atoms with E-state index in [4.69, 9.17) is 0 Å². The van der Waals surface area contributed by atoms with Gasteiger partial charge in [0.15, 0.2) is 0 Å². The summed E-state index contributed by atoms with van der Waals surface area (Å²) in [7, 11) is 4.08. The zero-order valence-electron chi connectivity index (χ0n) is 19.2. The highest BCUT2D eigenvalue weighted by Gasteiger charge is 2.06. The third-order valence-corrected chi connectivity index (χ3v) is 7.99. The highest BCUT2D eigenvalue weighted by molar-refractivity contribution is 8.01. The molecule has 0 spiro atoms. The molecule has 0 aliphatic rings. The van der Waals surface area contributed by atoms with Crippen LogP contribution in [0.4, 0.5) is 5.69 Å². The van der Waals surface area contributed by atoms with Gasteiger partial charge in [-0.1, -0.05) is 18.2 Å². The Labute approximate surface area is 213 Å². The number of nitrogens with one attached hydrogen (secondary N) is 3. The Morgan fingerprint density at radius 2 is 1.71 bits per heavy atom. The number of rotatable bonds is 8. The Kier molecular flexibility index (Phi) is 8.19. The molecule has 0 fully saturated rings. The van der Waals surface area contributed by atoms with Crippen molar-refractivity contribution < 1.29 is 4.79 Å². The maximum atomic E-state index is 12.6. The monoisotopic (exact) mass is 524 g/mol. The first-order valence-electron chi connectivity index (χ1n) is 10.8. The largest absolute Gasteiger partial charge is 0.321 e. The number of thioether (sulfide) groups is 1. The number of hydrogen-bond acceptors (Lipinski definition) is 7. The number of thiophene rings is 2. The molecule has 3 N–H and O–H groups in total. The molecule has 180 valence electrons. The van der Waals surface area contributed by atoms with Gasteiger partial charge in [-0.05, 0) is 67.5 Å². The fourth-order valence-electron chi connectivity index (χ4n) is 3.09. The van der Waals surface area contributed by atoms with E-state index in [0.717, 1.165) is 26.9 Å². The van der Waals surface area contributed by atoms with E-state index in [0.29, 0.717) is 10.6 Å². The SMILES string of the molecule is CN(C)CCSc1ccc(C=c2[nH]c(=O)c(=Cc3ccc(NC(=O)c4cccs4)cc3)[nH]c2=O)s1. The highest BCUT2D eigenvalue weighted by atomic mass is 32.2. The van der Waals surface area contributed by atoms with Crippen molar-refractivity contribution in [1.29, 1.82) is 0 Å². The average molecular weight is 525 g/mol. The summed E-state index contributed by atoms with van der Waals surface area (Å²) in [5, 5.41) is 5.05. The van der Waals surface area contributed by atoms with Crippen LogP contribution in [0, 0.1) is 0 Å². The molecular formula is C25H24N4O3S3. The molecule has 3 aromatic heterocycles. The molecule has 0 aliphatic heterocycles. The number of aromatic amines is 2. The van der Waals surface area contributed by atoms with E-state index in [1.807, 2.05) is 37.7 Å². The predicted molar refractivity (Wildman–Crippen MR) is 146 cm³/mol. The third-order valence-electron chi connectivity index (χ3n) is 4.88. The second-order valence-electron chi connectivity index (χ2n) is 7.89. The molecule has 0 aliphatic carbocycles. The van der Waals surface area contributed by atoms with Gasteiger partial charge in [-0.15, -0.1) is 34.4 Å². The molecule has 0 radical (unpaired) electrons. The Bertz CT molecular complexity index is 1530. The molecule has 10 heteroatoms. The van der Waals surface area contributed by atoms with Crippen molar-refractivity contribution in [1.82, 2.24) is 14.9 Å². The molecule has 1 aromatic carbocycles. The topological polar surface area (TPSA) is 98.1 Å². The molecule has 1 amide bonds. The van der Waals surface area contributed by atoms with Crippen molar-refractivity contribution in [2.24, 2.45) is 0 Å². The van der Waals surface area contributed by atoms with Gasteiger partial charge >= 0.3 is 0 Å². The minimum atomic E-state index is -0.386. The Hall–Kier alpha value is -3.18. The fourth-order valence-corrected chi connectivity index (χ4v) is 5.98. The van der Waals surface area contributed by atoms with Crippen molar-refractivity contribution in [3.63, 3.8) is 0 Å². The molecule has 4 aromatic rings. The van der Waals surface area contributed by atoms with Crippen LogP contribution >= 0.6 is 34.4 Å². The lowest BCUT2D eigenvalue weighted by atomic mass is 10.2. The van der Waals surface area contributed by atoms with E-state index in [1.165, 1.54) is 11.3 Å². The van der Waals surface area contributed by atoms with Crippen molar-refractivity contribution in [3.8, 4) is 0 Å². The number of carbonyl (C=O) groups excluding carboxylic acids is 1. The Morgan fingerprint density at radius 1 is 1.00 bits per heavy atom. The molecule has 35 heavy (non-hydrogen) atoms. The van der Waals surface area contributed by atoms with Crippen molar-refractivity contribution in [3.05, 3.63) is 101 Å². The van der Waals surface area contributed by atoms with Gasteiger partial charge in [-0.3, -0.25) is 14.4 Å². The van der Waals surface area contributed by atoms with E-state index in [1.54, 1.807) is 65.6 Å². The van der Waals surface area contributed by atoms with Gasteiger partial charge in [-0.25, -0.2) is 0 Å². The first-order valence-corrected chi connectivity index (χ1v) is 13.4. The Morgan fingerprint density at radius 3 is 2.37 bits per heavy atom. The molecule has 0 unspecified atom stereocenters. The lowest BCUT2D eigenvalue weighted by Gasteiger charge is -2.07. The molecule has 0 atom stereocenters. The van der Waals surface area contributed by atoms with Crippen LogP contribution in [-0.2, 0) is 0 Å². The van der Waals surface area contributed by atoms with E-state index in [-0.39, 0.29) is 27.7 Å². The van der Waals surface area contributed by atoms with E-state index in [2.05, 4.69) is 20.2 Å². The molecule has 4 rings (SSSR count). The molecule has 7 nitrogen and oxygen atoms in total. The standard InChI is InChI=1S/C25H24N4O3S3/c1-29(2)11-13-34-22-10-9-18(35-22)15-20-24(31)27-19(23(30)28-20)14-16-5-7-17(8-6-16)26-25(32)21-4-3-12-33-21/h3-10,12,14-15H,11,13H2,1-2H3,(H,26,32)(H,27,31)(H,28,30). The van der Waals surface area contributed by atoms with Crippen molar-refractivity contribution in [2.45, 2.75) is 4.21 Å². The predicted octanol–water partition coefficient (Wildman–Crippen LogP) is 2.75. The number of nitrogens with zero attached hydrogens (tertiary/aromatic N) is 1. The first-order chi connectivity index (χ1) is 16.9. The normalized spacial score (nSPS) is 12.4. The maximum Gasteiger partial charge on any atom is 0.272 e. The summed E-state index contributed by atoms with van der Waals surface area (Å²) in [6.07, 6.45) is 3.29. The number of anilines is 1. The van der Waals surface area contributed by atoms with Gasteiger partial charge in [0.2, 0.25) is 0 Å². The van der Waals surface area contributed by atoms with Gasteiger partial charge < -0.3 is 20.2 Å². The van der Waals surface area contributed by atoms with Crippen molar-refractivity contribution >= 4 is 58.2 Å². The summed E-state index contributed by atoms with van der Waals surface area (Å²) < 4.78 is 1.16. The smallest absolute Gasteiger partial charge is 0.272 e. The van der Waals surface area contributed by atoms with Gasteiger partial charge in [0.1, 0.15) is 10.7 Å². The number of carbonyl (C=O) groups is 1. The minimum absolute atomic E-state index is 0.161. The van der Waals surface area contributed by atoms with Gasteiger partial charge in [-0.2, -0.15) is 0 Å². The van der Waals surface area contributed by atoms with Crippen LogP contribution in [0.15, 0.2) is 67.7 Å². The summed E-state index contributed by atoms with van der Waals surface area (Å²) in [5.41, 5.74) is 0.603. The molecule has 3 heterocycles. The van der Waals surface area contributed by atoms with Crippen LogP contribution in [0.1, 0.15) is 20.1 Å². The summed E-state index contributed by atoms with van der Waals surface area (Å²) >= 11 is 4.72. The van der Waals surface area contributed by atoms with Crippen LogP contribution in [0.2, 0.25) is 0 Å². The number of benzene rings is 1. The average Bonchev–Trinajstić information content (AvgIpc) is 3.51. The molecule has 0 saturated carbocycles. The Balaban J connectivity index is 1.50.